The molecule has 1 heterocycles. The van der Waals surface area contributed by atoms with Gasteiger partial charge >= 0.3 is 0 Å². The molecule has 1 aliphatic rings. The van der Waals surface area contributed by atoms with E-state index in [1.54, 1.807) is 0 Å². The molecule has 1 aliphatic heterocycles. The fourth-order valence-corrected chi connectivity index (χ4v) is 3.05. The third-order valence-corrected chi connectivity index (χ3v) is 4.39. The molecule has 2 unspecified atom stereocenters. The van der Waals surface area contributed by atoms with Crippen LogP contribution in [0.3, 0.4) is 0 Å². The Morgan fingerprint density at radius 3 is 2.28 bits per heavy atom. The van der Waals surface area contributed by atoms with Crippen molar-refractivity contribution >= 4 is 0 Å². The van der Waals surface area contributed by atoms with Crippen LogP contribution in [0.15, 0.2) is 0 Å². The molecule has 0 aromatic rings. The minimum Gasteiger partial charge on any atom is -0.312 e. The van der Waals surface area contributed by atoms with E-state index in [0.29, 0.717) is 0 Å². The molecule has 18 heavy (non-hydrogen) atoms. The number of nitrogens with one attached hydrogen (secondary N) is 1. The molecule has 0 saturated carbocycles. The number of hydrogen-bond donors (Lipinski definition) is 1. The van der Waals surface area contributed by atoms with Gasteiger partial charge in [-0.05, 0) is 44.7 Å². The van der Waals surface area contributed by atoms with Crippen molar-refractivity contribution in [1.82, 2.24) is 10.2 Å². The monoisotopic (exact) mass is 254 g/mol. The number of likely N-dealkylation sites (tertiary alicyclic amines) is 1. The molecule has 2 nitrogen and oxygen atoms in total. The first-order chi connectivity index (χ1) is 8.69. The Kier molecular flexibility index (Phi) is 7.92. The minimum atomic E-state index is 0.730. The van der Waals surface area contributed by atoms with Crippen molar-refractivity contribution in [3.05, 3.63) is 0 Å². The van der Waals surface area contributed by atoms with E-state index in [9.17, 15) is 0 Å². The average Bonchev–Trinajstić information content (AvgIpc) is 2.86. The minimum absolute atomic E-state index is 0.730. The van der Waals surface area contributed by atoms with Gasteiger partial charge in [0.25, 0.3) is 0 Å². The number of rotatable bonds is 9. The van der Waals surface area contributed by atoms with Gasteiger partial charge in [0.05, 0.1) is 0 Å². The maximum absolute atomic E-state index is 3.82. The van der Waals surface area contributed by atoms with Gasteiger partial charge in [0.15, 0.2) is 0 Å². The van der Waals surface area contributed by atoms with Crippen molar-refractivity contribution in [2.75, 3.05) is 19.6 Å². The molecule has 0 aromatic heterocycles. The van der Waals surface area contributed by atoms with E-state index in [-0.39, 0.29) is 0 Å². The van der Waals surface area contributed by atoms with Crippen LogP contribution >= 0.6 is 0 Å². The van der Waals surface area contributed by atoms with E-state index >= 15 is 0 Å². The van der Waals surface area contributed by atoms with Crippen LogP contribution in [-0.2, 0) is 0 Å². The van der Waals surface area contributed by atoms with Crippen LogP contribution in [0.2, 0.25) is 0 Å². The van der Waals surface area contributed by atoms with Crippen molar-refractivity contribution in [1.29, 1.82) is 0 Å². The predicted molar refractivity (Wildman–Crippen MR) is 81.0 cm³/mol. The zero-order chi connectivity index (χ0) is 13.4. The Labute approximate surface area is 115 Å². The van der Waals surface area contributed by atoms with E-state index in [2.05, 4.69) is 37.9 Å². The van der Waals surface area contributed by atoms with Crippen molar-refractivity contribution in [2.45, 2.75) is 78.3 Å². The highest BCUT2D eigenvalue weighted by Crippen LogP contribution is 2.17. The lowest BCUT2D eigenvalue weighted by molar-refractivity contribution is 0.180. The molecule has 1 rings (SSSR count). The molecule has 0 aliphatic carbocycles. The summed E-state index contributed by atoms with van der Waals surface area (Å²) in [5, 5.41) is 3.82. The van der Waals surface area contributed by atoms with Crippen LogP contribution in [0.4, 0.5) is 0 Å². The second kappa shape index (κ2) is 8.92. The smallest absolute Gasteiger partial charge is 0.0243 e. The third kappa shape index (κ3) is 5.27. The fourth-order valence-electron chi connectivity index (χ4n) is 3.05. The first-order valence-corrected chi connectivity index (χ1v) is 8.16. The molecule has 0 radical (unpaired) electrons. The summed E-state index contributed by atoms with van der Waals surface area (Å²) in [7, 11) is 0. The van der Waals surface area contributed by atoms with E-state index in [1.165, 1.54) is 58.2 Å². The highest BCUT2D eigenvalue weighted by molar-refractivity contribution is 4.82. The lowest BCUT2D eigenvalue weighted by atomic mass is 10.0. The molecule has 1 saturated heterocycles. The molecule has 1 N–H and O–H groups in total. The summed E-state index contributed by atoms with van der Waals surface area (Å²) in [6.07, 6.45) is 8.09. The summed E-state index contributed by atoms with van der Waals surface area (Å²) in [5.74, 6) is 0.763. The first-order valence-electron chi connectivity index (χ1n) is 8.16. The molecule has 2 heteroatoms. The second-order valence-electron chi connectivity index (χ2n) is 6.21. The quantitative estimate of drug-likeness (QED) is 0.675. The Morgan fingerprint density at radius 1 is 1.11 bits per heavy atom. The Bertz CT molecular complexity index is 197. The van der Waals surface area contributed by atoms with E-state index in [1.807, 2.05) is 0 Å². The molecular formula is C16H34N2. The highest BCUT2D eigenvalue weighted by atomic mass is 15.2. The van der Waals surface area contributed by atoms with Crippen LogP contribution in [0.5, 0.6) is 0 Å². The van der Waals surface area contributed by atoms with E-state index < -0.39 is 0 Å². The van der Waals surface area contributed by atoms with Gasteiger partial charge in [-0.25, -0.2) is 0 Å². The number of unbranched alkanes of at least 4 members (excludes halogenated alkanes) is 1. The van der Waals surface area contributed by atoms with E-state index in [0.717, 1.165) is 18.0 Å². The number of hydrogen-bond acceptors (Lipinski definition) is 2. The maximum atomic E-state index is 3.82. The summed E-state index contributed by atoms with van der Waals surface area (Å²) < 4.78 is 0. The Balaban J connectivity index is 2.35. The van der Waals surface area contributed by atoms with Crippen LogP contribution in [0.25, 0.3) is 0 Å². The molecule has 1 fully saturated rings. The van der Waals surface area contributed by atoms with Crippen molar-refractivity contribution in [2.24, 2.45) is 5.92 Å². The summed E-state index contributed by atoms with van der Waals surface area (Å²) in [4.78, 5) is 2.70. The zero-order valence-electron chi connectivity index (χ0n) is 13.0. The summed E-state index contributed by atoms with van der Waals surface area (Å²) in [5.41, 5.74) is 0. The van der Waals surface area contributed by atoms with Crippen molar-refractivity contribution < 1.29 is 0 Å². The van der Waals surface area contributed by atoms with E-state index in [4.69, 9.17) is 0 Å². The van der Waals surface area contributed by atoms with Gasteiger partial charge in [-0.2, -0.15) is 0 Å². The van der Waals surface area contributed by atoms with Crippen LogP contribution < -0.4 is 5.32 Å². The molecule has 0 bridgehead atoms. The maximum Gasteiger partial charge on any atom is 0.0243 e. The lowest BCUT2D eigenvalue weighted by Crippen LogP contribution is -2.46. The zero-order valence-corrected chi connectivity index (χ0v) is 13.0. The molecule has 2 atom stereocenters. The first kappa shape index (κ1) is 16.0. The Hall–Kier alpha value is -0.0800. The molecule has 0 aromatic carbocycles. The average molecular weight is 254 g/mol. The van der Waals surface area contributed by atoms with Gasteiger partial charge in [0, 0.05) is 18.6 Å². The summed E-state index contributed by atoms with van der Waals surface area (Å²) in [6, 6.07) is 1.47. The predicted octanol–water partition coefficient (Wildman–Crippen LogP) is 3.67. The topological polar surface area (TPSA) is 15.3 Å². The van der Waals surface area contributed by atoms with Gasteiger partial charge in [-0.15, -0.1) is 0 Å². The van der Waals surface area contributed by atoms with Gasteiger partial charge in [-0.3, -0.25) is 4.90 Å². The normalized spacial score (nSPS) is 20.5. The fraction of sp³-hybridized carbons (Fsp3) is 1.00. The third-order valence-electron chi connectivity index (χ3n) is 4.39. The molecular weight excluding hydrogens is 220 g/mol. The highest BCUT2D eigenvalue weighted by Gasteiger charge is 2.24. The van der Waals surface area contributed by atoms with Crippen molar-refractivity contribution in [3.8, 4) is 0 Å². The van der Waals surface area contributed by atoms with Crippen LogP contribution in [0, 0.1) is 5.92 Å². The van der Waals surface area contributed by atoms with Crippen LogP contribution in [-0.4, -0.2) is 36.6 Å². The van der Waals surface area contributed by atoms with Gasteiger partial charge in [-0.1, -0.05) is 40.5 Å². The molecule has 108 valence electrons. The van der Waals surface area contributed by atoms with Gasteiger partial charge in [0.1, 0.15) is 0 Å². The SMILES string of the molecule is CCCCC(CC)NCC(C(C)C)N1CCCC1. The number of nitrogens with zero attached hydrogens (tertiary/aromatic N) is 1. The lowest BCUT2D eigenvalue weighted by Gasteiger charge is -2.32. The van der Waals surface area contributed by atoms with Gasteiger partial charge < -0.3 is 5.32 Å². The standard InChI is InChI=1S/C16H34N2/c1-5-7-10-15(6-2)17-13-16(14(3)4)18-11-8-9-12-18/h14-17H,5-13H2,1-4H3. The van der Waals surface area contributed by atoms with Gasteiger partial charge in [0.2, 0.25) is 0 Å². The van der Waals surface area contributed by atoms with Crippen molar-refractivity contribution in [3.63, 3.8) is 0 Å². The second-order valence-corrected chi connectivity index (χ2v) is 6.21. The van der Waals surface area contributed by atoms with Crippen LogP contribution in [0.1, 0.15) is 66.2 Å². The summed E-state index contributed by atoms with van der Waals surface area (Å²) >= 11 is 0. The Morgan fingerprint density at radius 2 is 1.78 bits per heavy atom. The summed E-state index contributed by atoms with van der Waals surface area (Å²) in [6.45, 7) is 13.2. The molecule has 0 amide bonds. The largest absolute Gasteiger partial charge is 0.312 e. The molecule has 0 spiro atoms.